The molecule has 0 amide bonds. The maximum atomic E-state index is 10.6. The normalized spacial score (nSPS) is 10.9. The fraction of sp³-hybridized carbons (Fsp3) is 0.0714. The van der Waals surface area contributed by atoms with Crippen LogP contribution in [0.2, 0.25) is 0 Å². The van der Waals surface area contributed by atoms with E-state index in [0.717, 1.165) is 21.8 Å². The Balaban J connectivity index is 0.000000329. The SMILES string of the molecule is O=C(O)C(F)(F)F.O=C(O)C(F)(F)F.[Pd].c1ccc(-c2ccnc3c2ccc2c(-c4ccccc4)ccnc23)cc1. The van der Waals surface area contributed by atoms with E-state index in [9.17, 15) is 26.3 Å². The van der Waals surface area contributed by atoms with Crippen LogP contribution in [0.3, 0.4) is 0 Å². The molecule has 0 bridgehead atoms. The van der Waals surface area contributed by atoms with Crippen LogP contribution in [0.5, 0.6) is 0 Å². The molecule has 0 aliphatic rings. The predicted octanol–water partition coefficient (Wildman–Crippen LogP) is 7.38. The number of aromatic nitrogens is 2. The Labute approximate surface area is 242 Å². The van der Waals surface area contributed by atoms with Crippen molar-refractivity contribution in [1.29, 1.82) is 0 Å². The number of fused-ring (bicyclic) bond motifs is 3. The van der Waals surface area contributed by atoms with Gasteiger partial charge in [0.25, 0.3) is 0 Å². The Morgan fingerprint density at radius 1 is 0.537 bits per heavy atom. The first-order chi connectivity index (χ1) is 18.8. The van der Waals surface area contributed by atoms with Gasteiger partial charge in [-0.1, -0.05) is 72.8 Å². The molecule has 0 fully saturated rings. The van der Waals surface area contributed by atoms with E-state index in [1.54, 1.807) is 0 Å². The van der Waals surface area contributed by atoms with Gasteiger partial charge in [-0.2, -0.15) is 26.3 Å². The first-order valence-electron chi connectivity index (χ1n) is 11.2. The fourth-order valence-corrected chi connectivity index (χ4v) is 3.57. The van der Waals surface area contributed by atoms with Gasteiger partial charge in [-0.3, -0.25) is 9.97 Å². The topological polar surface area (TPSA) is 100 Å². The van der Waals surface area contributed by atoms with Crippen molar-refractivity contribution in [2.24, 2.45) is 0 Å². The minimum atomic E-state index is -5.08. The Bertz CT molecular complexity index is 1510. The van der Waals surface area contributed by atoms with E-state index in [4.69, 9.17) is 19.8 Å². The average molecular weight is 667 g/mol. The molecular formula is C28H18F6N2O4Pd. The van der Waals surface area contributed by atoms with Crippen molar-refractivity contribution < 1.29 is 66.6 Å². The maximum Gasteiger partial charge on any atom is 0.490 e. The summed E-state index contributed by atoms with van der Waals surface area (Å²) in [5.41, 5.74) is 6.65. The van der Waals surface area contributed by atoms with Gasteiger partial charge in [-0.05, 0) is 34.4 Å². The number of hydrogen-bond acceptors (Lipinski definition) is 4. The second kappa shape index (κ2) is 13.8. The fourth-order valence-electron chi connectivity index (χ4n) is 3.57. The molecule has 41 heavy (non-hydrogen) atoms. The van der Waals surface area contributed by atoms with Crippen LogP contribution in [-0.4, -0.2) is 44.5 Å². The van der Waals surface area contributed by atoms with Crippen LogP contribution >= 0.6 is 0 Å². The first-order valence-corrected chi connectivity index (χ1v) is 11.2. The smallest absolute Gasteiger partial charge is 0.475 e. The Morgan fingerprint density at radius 3 is 1.10 bits per heavy atom. The van der Waals surface area contributed by atoms with Gasteiger partial charge in [0.2, 0.25) is 0 Å². The molecule has 2 heterocycles. The van der Waals surface area contributed by atoms with Crippen LogP contribution in [0.25, 0.3) is 44.1 Å². The number of halogens is 6. The van der Waals surface area contributed by atoms with Crippen molar-refractivity contribution in [2.75, 3.05) is 0 Å². The van der Waals surface area contributed by atoms with Crippen molar-refractivity contribution >= 4 is 33.7 Å². The Kier molecular flexibility index (Phi) is 11.1. The van der Waals surface area contributed by atoms with Crippen molar-refractivity contribution in [3.05, 3.63) is 97.3 Å². The summed E-state index contributed by atoms with van der Waals surface area (Å²) >= 11 is 0. The molecule has 0 unspecified atom stereocenters. The summed E-state index contributed by atoms with van der Waals surface area (Å²) in [6.45, 7) is 0. The van der Waals surface area contributed by atoms with Gasteiger partial charge in [-0.15, -0.1) is 0 Å². The van der Waals surface area contributed by atoms with E-state index in [-0.39, 0.29) is 20.4 Å². The molecule has 0 atom stereocenters. The number of carboxylic acids is 2. The second-order valence-electron chi connectivity index (χ2n) is 7.91. The minimum Gasteiger partial charge on any atom is -0.475 e. The van der Waals surface area contributed by atoms with Gasteiger partial charge in [0, 0.05) is 43.6 Å². The molecule has 0 aliphatic carbocycles. The molecule has 5 rings (SSSR count). The molecular weight excluding hydrogens is 649 g/mol. The summed E-state index contributed by atoms with van der Waals surface area (Å²) < 4.78 is 63.5. The summed E-state index contributed by atoms with van der Waals surface area (Å²) in [6, 6.07) is 29.3. The van der Waals surface area contributed by atoms with E-state index in [0.29, 0.717) is 0 Å². The van der Waals surface area contributed by atoms with Crippen molar-refractivity contribution in [2.45, 2.75) is 12.4 Å². The number of carboxylic acid groups (broad SMARTS) is 2. The zero-order chi connectivity index (χ0) is 29.5. The molecule has 216 valence electrons. The molecule has 0 radical (unpaired) electrons. The van der Waals surface area contributed by atoms with Crippen LogP contribution < -0.4 is 0 Å². The zero-order valence-corrected chi connectivity index (χ0v) is 22.0. The van der Waals surface area contributed by atoms with E-state index in [2.05, 4.69) is 82.8 Å². The molecule has 2 aromatic heterocycles. The molecule has 0 aliphatic heterocycles. The molecule has 6 nitrogen and oxygen atoms in total. The number of rotatable bonds is 2. The summed E-state index contributed by atoms with van der Waals surface area (Å²) in [5, 5.41) is 16.5. The number of benzene rings is 3. The largest absolute Gasteiger partial charge is 0.490 e. The second-order valence-corrected chi connectivity index (χ2v) is 7.91. The van der Waals surface area contributed by atoms with Gasteiger partial charge >= 0.3 is 24.3 Å². The van der Waals surface area contributed by atoms with Gasteiger partial charge in [0.05, 0.1) is 11.0 Å². The minimum absolute atomic E-state index is 0. The summed E-state index contributed by atoms with van der Waals surface area (Å²) in [4.78, 5) is 27.1. The molecule has 0 saturated carbocycles. The Morgan fingerprint density at radius 2 is 0.829 bits per heavy atom. The summed E-state index contributed by atoms with van der Waals surface area (Å²) in [7, 11) is 0. The number of alkyl halides is 6. The average Bonchev–Trinajstić information content (AvgIpc) is 2.93. The summed E-state index contributed by atoms with van der Waals surface area (Å²) in [6.07, 6.45) is -6.41. The van der Waals surface area contributed by atoms with E-state index >= 15 is 0 Å². The van der Waals surface area contributed by atoms with Gasteiger partial charge < -0.3 is 10.2 Å². The van der Waals surface area contributed by atoms with E-state index in [1.165, 1.54) is 22.3 Å². The number of nitrogens with zero attached hydrogens (tertiary/aromatic N) is 2. The van der Waals surface area contributed by atoms with Crippen LogP contribution in [0.1, 0.15) is 0 Å². The molecule has 3 aromatic carbocycles. The molecule has 0 spiro atoms. The van der Waals surface area contributed by atoms with Crippen molar-refractivity contribution in [3.63, 3.8) is 0 Å². The first kappa shape index (κ1) is 32.9. The summed E-state index contributed by atoms with van der Waals surface area (Å²) in [5.74, 6) is -5.51. The molecule has 2 N–H and O–H groups in total. The van der Waals surface area contributed by atoms with Gasteiger partial charge in [0.15, 0.2) is 0 Å². The predicted molar refractivity (Wildman–Crippen MR) is 135 cm³/mol. The maximum absolute atomic E-state index is 10.6. The number of aliphatic carboxylic acids is 2. The monoisotopic (exact) mass is 666 g/mol. The van der Waals surface area contributed by atoms with Crippen LogP contribution in [-0.2, 0) is 30.0 Å². The third-order valence-electron chi connectivity index (χ3n) is 5.28. The third kappa shape index (κ3) is 8.57. The van der Waals surface area contributed by atoms with E-state index in [1.807, 2.05) is 24.5 Å². The molecule has 13 heteroatoms. The van der Waals surface area contributed by atoms with Crippen molar-refractivity contribution in [3.8, 4) is 22.3 Å². The number of pyridine rings is 2. The van der Waals surface area contributed by atoms with Crippen LogP contribution in [0, 0.1) is 0 Å². The van der Waals surface area contributed by atoms with Crippen LogP contribution in [0.15, 0.2) is 97.3 Å². The number of carbonyl (C=O) groups is 2. The quantitative estimate of drug-likeness (QED) is 0.116. The van der Waals surface area contributed by atoms with Crippen LogP contribution in [0.4, 0.5) is 26.3 Å². The molecule has 0 saturated heterocycles. The van der Waals surface area contributed by atoms with Crippen molar-refractivity contribution in [1.82, 2.24) is 9.97 Å². The Hall–Kier alpha value is -4.34. The van der Waals surface area contributed by atoms with E-state index < -0.39 is 24.3 Å². The van der Waals surface area contributed by atoms with Gasteiger partial charge in [-0.25, -0.2) is 9.59 Å². The standard InChI is InChI=1S/C24H16N2.2C2HF3O2.Pd/c1-3-7-17(8-4-1)19-13-15-25-23-21(19)11-12-22-20(14-16-26-24(22)23)18-9-5-2-6-10-18;2*3-2(4,5)1(6)7;/h1-16H;2*(H,6,7);. The molecule has 5 aromatic rings. The zero-order valence-electron chi connectivity index (χ0n) is 20.4. The third-order valence-corrected chi connectivity index (χ3v) is 5.28. The van der Waals surface area contributed by atoms with Gasteiger partial charge in [0.1, 0.15) is 0 Å². The number of hydrogen-bond donors (Lipinski definition) is 2.